The molecular weight excluding hydrogens is 687 g/mol. The minimum absolute atomic E-state index is 0.187. The molecule has 10 aromatic rings. The molecule has 1 unspecified atom stereocenters. The van der Waals surface area contributed by atoms with Crippen LogP contribution in [0, 0.1) is 0 Å². The summed E-state index contributed by atoms with van der Waals surface area (Å²) in [7, 11) is 0. The van der Waals surface area contributed by atoms with Crippen molar-refractivity contribution < 1.29 is 0 Å². The summed E-state index contributed by atoms with van der Waals surface area (Å²) in [5, 5.41) is 2.58. The van der Waals surface area contributed by atoms with Gasteiger partial charge in [-0.05, 0) is 132 Å². The summed E-state index contributed by atoms with van der Waals surface area (Å²) in [5.74, 6) is 0.187. The van der Waals surface area contributed by atoms with E-state index >= 15 is 0 Å². The molecule has 57 heavy (non-hydrogen) atoms. The Morgan fingerprint density at radius 2 is 0.947 bits per heavy atom. The average Bonchev–Trinajstić information content (AvgIpc) is 3.93. The smallest absolute Gasteiger partial charge is 0.0547 e. The molecule has 0 aliphatic heterocycles. The highest BCUT2D eigenvalue weighted by Crippen LogP contribution is 2.50. The third-order valence-corrected chi connectivity index (χ3v) is 12.5. The van der Waals surface area contributed by atoms with Gasteiger partial charge in [-0.1, -0.05) is 164 Å². The average molecular weight is 724 g/mol. The zero-order valence-corrected chi connectivity index (χ0v) is 31.4. The summed E-state index contributed by atoms with van der Waals surface area (Å²) >= 11 is 0. The van der Waals surface area contributed by atoms with Gasteiger partial charge >= 0.3 is 0 Å². The van der Waals surface area contributed by atoms with E-state index in [4.69, 9.17) is 0 Å². The second-order valence-electron chi connectivity index (χ2n) is 15.7. The maximum atomic E-state index is 2.48. The zero-order valence-electron chi connectivity index (χ0n) is 31.4. The van der Waals surface area contributed by atoms with Crippen LogP contribution in [-0.4, -0.2) is 4.57 Å². The molecular formula is C56H37N. The van der Waals surface area contributed by atoms with Gasteiger partial charge < -0.3 is 4.57 Å². The first-order chi connectivity index (χ1) is 28.2. The van der Waals surface area contributed by atoms with Crippen molar-refractivity contribution in [2.24, 2.45) is 0 Å². The van der Waals surface area contributed by atoms with Crippen molar-refractivity contribution in [1.29, 1.82) is 0 Å². The summed E-state index contributed by atoms with van der Waals surface area (Å²) in [5.41, 5.74) is 23.3. The molecule has 0 spiro atoms. The number of hydrogen-bond acceptors (Lipinski definition) is 0. The van der Waals surface area contributed by atoms with Gasteiger partial charge in [0.05, 0.1) is 11.0 Å². The van der Waals surface area contributed by atoms with Gasteiger partial charge in [0.25, 0.3) is 0 Å². The van der Waals surface area contributed by atoms with E-state index in [-0.39, 0.29) is 5.92 Å². The maximum Gasteiger partial charge on any atom is 0.0547 e. The molecule has 0 radical (unpaired) electrons. The number of benzene rings is 9. The van der Waals surface area contributed by atoms with Crippen LogP contribution in [0.2, 0.25) is 0 Å². The van der Waals surface area contributed by atoms with Crippen molar-refractivity contribution >= 4 is 21.8 Å². The molecule has 1 atom stereocenters. The highest BCUT2D eigenvalue weighted by Gasteiger charge is 2.30. The Morgan fingerprint density at radius 3 is 1.77 bits per heavy atom. The molecule has 0 fully saturated rings. The topological polar surface area (TPSA) is 4.93 Å². The van der Waals surface area contributed by atoms with Gasteiger partial charge in [0.2, 0.25) is 0 Å². The summed E-state index contributed by atoms with van der Waals surface area (Å²) < 4.78 is 2.48. The Labute approximate surface area is 332 Å². The van der Waals surface area contributed by atoms with Gasteiger partial charge in [-0.25, -0.2) is 0 Å². The van der Waals surface area contributed by atoms with Crippen LogP contribution in [0.3, 0.4) is 0 Å². The molecule has 2 aliphatic rings. The van der Waals surface area contributed by atoms with Crippen LogP contribution < -0.4 is 0 Å². The number of hydrogen-bond donors (Lipinski definition) is 0. The van der Waals surface area contributed by atoms with E-state index in [1.165, 1.54) is 111 Å². The summed E-state index contributed by atoms with van der Waals surface area (Å²) in [6.45, 7) is 0. The zero-order chi connectivity index (χ0) is 37.5. The maximum absolute atomic E-state index is 2.48. The second-order valence-corrected chi connectivity index (χ2v) is 15.7. The summed E-state index contributed by atoms with van der Waals surface area (Å²) in [4.78, 5) is 0. The standard InChI is InChI=1S/C56H37N/c1-3-13-36(14-4-1)38-18-11-20-43(29-38)56-48-24-10-9-23-47(48)51-32-40(25-27-49(51)56)41-26-28-54-52(33-41)53-34-44-30-42-17-7-8-22-46(42)50(44)35-55(53)57(54)45-21-12-19-39(31-45)37-15-5-2-6-16-37/h1-29,31-35,56H,30H2. The molecule has 0 N–H and O–H groups in total. The van der Waals surface area contributed by atoms with Crippen molar-refractivity contribution in [1.82, 2.24) is 4.57 Å². The SMILES string of the molecule is c1ccc(-c2cccc(C3c4ccccc4-c4cc(-c5ccc6c(c5)c5cc7c(cc5n6-c5cccc(-c6ccccc6)c5)-c5ccccc5C7)ccc43)c2)cc1. The Morgan fingerprint density at radius 1 is 0.333 bits per heavy atom. The van der Waals surface area contributed by atoms with Gasteiger partial charge in [0, 0.05) is 22.4 Å². The number of fused-ring (bicyclic) bond motifs is 9. The van der Waals surface area contributed by atoms with Crippen LogP contribution in [0.25, 0.3) is 83.1 Å². The minimum Gasteiger partial charge on any atom is -0.309 e. The number of nitrogens with zero attached hydrogens (tertiary/aromatic N) is 1. The van der Waals surface area contributed by atoms with Gasteiger partial charge in [-0.3, -0.25) is 0 Å². The molecule has 0 saturated heterocycles. The van der Waals surface area contributed by atoms with E-state index in [0.29, 0.717) is 0 Å². The fourth-order valence-electron chi connectivity index (χ4n) is 9.83. The largest absolute Gasteiger partial charge is 0.309 e. The molecule has 2 aliphatic carbocycles. The lowest BCUT2D eigenvalue weighted by molar-refractivity contribution is 1.02. The number of rotatable bonds is 5. The van der Waals surface area contributed by atoms with Crippen LogP contribution in [0.5, 0.6) is 0 Å². The Hall–Kier alpha value is -7.22. The molecule has 9 aromatic carbocycles. The van der Waals surface area contributed by atoms with E-state index in [2.05, 4.69) is 211 Å². The highest BCUT2D eigenvalue weighted by molar-refractivity contribution is 6.12. The monoisotopic (exact) mass is 723 g/mol. The third kappa shape index (κ3) is 5.09. The van der Waals surface area contributed by atoms with E-state index in [0.717, 1.165) is 6.42 Å². The van der Waals surface area contributed by atoms with E-state index in [1.54, 1.807) is 0 Å². The first-order valence-electron chi connectivity index (χ1n) is 20.0. The van der Waals surface area contributed by atoms with E-state index in [1.807, 2.05) is 0 Å². The van der Waals surface area contributed by atoms with Gasteiger partial charge in [-0.15, -0.1) is 0 Å². The van der Waals surface area contributed by atoms with Crippen molar-refractivity contribution in [3.05, 3.63) is 234 Å². The van der Waals surface area contributed by atoms with E-state index < -0.39 is 0 Å². The number of aromatic nitrogens is 1. The Balaban J connectivity index is 1.02. The van der Waals surface area contributed by atoms with Crippen molar-refractivity contribution in [2.45, 2.75) is 12.3 Å². The predicted molar refractivity (Wildman–Crippen MR) is 238 cm³/mol. The molecule has 0 saturated carbocycles. The molecule has 12 rings (SSSR count). The summed E-state index contributed by atoms with van der Waals surface area (Å²) in [6, 6.07) is 76.6. The summed E-state index contributed by atoms with van der Waals surface area (Å²) in [6.07, 6.45) is 0.969. The lowest BCUT2D eigenvalue weighted by Crippen LogP contribution is -1.99. The van der Waals surface area contributed by atoms with Crippen molar-refractivity contribution in [3.63, 3.8) is 0 Å². The molecule has 266 valence electrons. The van der Waals surface area contributed by atoms with Gasteiger partial charge in [-0.2, -0.15) is 0 Å². The van der Waals surface area contributed by atoms with Crippen LogP contribution in [-0.2, 0) is 6.42 Å². The normalized spacial score (nSPS) is 13.7. The third-order valence-electron chi connectivity index (χ3n) is 12.5. The van der Waals surface area contributed by atoms with E-state index in [9.17, 15) is 0 Å². The van der Waals surface area contributed by atoms with Crippen LogP contribution in [0.1, 0.15) is 33.7 Å². The molecule has 1 heterocycles. The first-order valence-corrected chi connectivity index (χ1v) is 20.0. The van der Waals surface area contributed by atoms with Crippen LogP contribution >= 0.6 is 0 Å². The van der Waals surface area contributed by atoms with Crippen LogP contribution in [0.4, 0.5) is 0 Å². The Bertz CT molecular complexity index is 3200. The highest BCUT2D eigenvalue weighted by atomic mass is 15.0. The van der Waals surface area contributed by atoms with Crippen molar-refractivity contribution in [3.8, 4) is 61.3 Å². The fraction of sp³-hybridized carbons (Fsp3) is 0.0357. The fourth-order valence-corrected chi connectivity index (χ4v) is 9.83. The molecule has 1 nitrogen and oxygen atoms in total. The molecule has 1 aromatic heterocycles. The lowest BCUT2D eigenvalue weighted by atomic mass is 9.87. The van der Waals surface area contributed by atoms with Crippen LogP contribution in [0.15, 0.2) is 206 Å². The van der Waals surface area contributed by atoms with Crippen molar-refractivity contribution in [2.75, 3.05) is 0 Å². The molecule has 0 amide bonds. The van der Waals surface area contributed by atoms with Gasteiger partial charge in [0.1, 0.15) is 0 Å². The first kappa shape index (κ1) is 32.1. The quantitative estimate of drug-likeness (QED) is 0.167. The lowest BCUT2D eigenvalue weighted by Gasteiger charge is -2.16. The second kappa shape index (κ2) is 12.7. The molecule has 1 heteroatoms. The van der Waals surface area contributed by atoms with Gasteiger partial charge in [0.15, 0.2) is 0 Å². The Kier molecular flexibility index (Phi) is 7.12. The predicted octanol–water partition coefficient (Wildman–Crippen LogP) is 14.5. The molecule has 0 bridgehead atoms. The minimum atomic E-state index is 0.187.